The number of ether oxygens (including phenoxy) is 1. The average molecular weight is 278 g/mol. The van der Waals surface area contributed by atoms with Gasteiger partial charge in [0.2, 0.25) is 0 Å². The fourth-order valence-electron chi connectivity index (χ4n) is 2.55. The van der Waals surface area contributed by atoms with Crippen molar-refractivity contribution in [3.8, 4) is 5.75 Å². The Hall–Kier alpha value is -1.06. The van der Waals surface area contributed by atoms with E-state index in [9.17, 15) is 0 Å². The first-order valence-electron chi connectivity index (χ1n) is 7.36. The van der Waals surface area contributed by atoms with E-state index in [0.717, 1.165) is 18.6 Å². The molecule has 0 aromatic heterocycles. The molecule has 0 aliphatic heterocycles. The molecule has 0 fully saturated rings. The highest BCUT2D eigenvalue weighted by atomic mass is 16.5. The topological polar surface area (TPSA) is 38.5 Å². The van der Waals surface area contributed by atoms with Crippen molar-refractivity contribution in [2.75, 3.05) is 20.7 Å². The van der Waals surface area contributed by atoms with Gasteiger partial charge in [0.1, 0.15) is 5.75 Å². The first-order chi connectivity index (χ1) is 9.30. The number of likely N-dealkylation sites (N-methyl/N-ethyl adjacent to an activating group) is 1. The van der Waals surface area contributed by atoms with Crippen molar-refractivity contribution in [1.29, 1.82) is 0 Å². The molecule has 1 rings (SSSR count). The van der Waals surface area contributed by atoms with E-state index in [0.29, 0.717) is 6.54 Å². The highest BCUT2D eigenvalue weighted by molar-refractivity contribution is 5.34. The summed E-state index contributed by atoms with van der Waals surface area (Å²) in [5.41, 5.74) is 7.36. The second-order valence-corrected chi connectivity index (χ2v) is 6.41. The summed E-state index contributed by atoms with van der Waals surface area (Å²) in [4.78, 5) is 2.41. The molecule has 0 radical (unpaired) electrons. The Bertz CT molecular complexity index is 431. The van der Waals surface area contributed by atoms with E-state index in [1.54, 1.807) is 7.11 Å². The second kappa shape index (κ2) is 6.59. The van der Waals surface area contributed by atoms with Crippen LogP contribution in [0, 0.1) is 0 Å². The van der Waals surface area contributed by atoms with Crippen molar-refractivity contribution in [1.82, 2.24) is 4.90 Å². The normalized spacial score (nSPS) is 15.2. The summed E-state index contributed by atoms with van der Waals surface area (Å²) >= 11 is 0. The van der Waals surface area contributed by atoms with Crippen LogP contribution in [-0.2, 0) is 6.42 Å². The van der Waals surface area contributed by atoms with Gasteiger partial charge in [-0.25, -0.2) is 0 Å². The molecule has 3 nitrogen and oxygen atoms in total. The van der Waals surface area contributed by atoms with Crippen LogP contribution in [0.5, 0.6) is 5.75 Å². The predicted octanol–water partition coefficient (Wildman–Crippen LogP) is 3.08. The zero-order chi connectivity index (χ0) is 15.4. The molecule has 0 saturated heterocycles. The third-order valence-electron chi connectivity index (χ3n) is 4.79. The standard InChI is InChI=1S/C17H30N2O/c1-7-16(2,3)19(5)17(4,13-18)12-14-10-8-9-11-15(14)20-6/h8-11H,7,12-13,18H2,1-6H3. The lowest BCUT2D eigenvalue weighted by atomic mass is 9.85. The molecular weight excluding hydrogens is 248 g/mol. The third-order valence-corrected chi connectivity index (χ3v) is 4.79. The van der Waals surface area contributed by atoms with Crippen LogP contribution in [-0.4, -0.2) is 36.7 Å². The molecule has 0 bridgehead atoms. The maximum Gasteiger partial charge on any atom is 0.122 e. The lowest BCUT2D eigenvalue weighted by Gasteiger charge is -2.48. The predicted molar refractivity (Wildman–Crippen MR) is 86.3 cm³/mol. The Labute approximate surface area is 124 Å². The minimum absolute atomic E-state index is 0.0891. The average Bonchev–Trinajstić information content (AvgIpc) is 2.46. The molecule has 0 aliphatic rings. The highest BCUT2D eigenvalue weighted by Crippen LogP contribution is 2.31. The van der Waals surface area contributed by atoms with Gasteiger partial charge in [0.05, 0.1) is 7.11 Å². The fourth-order valence-corrected chi connectivity index (χ4v) is 2.55. The van der Waals surface area contributed by atoms with Gasteiger partial charge < -0.3 is 10.5 Å². The van der Waals surface area contributed by atoms with Crippen LogP contribution in [0.4, 0.5) is 0 Å². The molecule has 1 atom stereocenters. The first-order valence-corrected chi connectivity index (χ1v) is 7.36. The zero-order valence-electron chi connectivity index (χ0n) is 13.9. The fraction of sp³-hybridized carbons (Fsp3) is 0.647. The number of hydrogen-bond acceptors (Lipinski definition) is 3. The van der Waals surface area contributed by atoms with E-state index in [-0.39, 0.29) is 11.1 Å². The van der Waals surface area contributed by atoms with Crippen molar-refractivity contribution >= 4 is 0 Å². The Morgan fingerprint density at radius 2 is 1.80 bits per heavy atom. The van der Waals surface area contributed by atoms with Crippen LogP contribution in [0.25, 0.3) is 0 Å². The van der Waals surface area contributed by atoms with Gasteiger partial charge in [0, 0.05) is 17.6 Å². The van der Waals surface area contributed by atoms with Gasteiger partial charge in [-0.1, -0.05) is 25.1 Å². The summed E-state index contributed by atoms with van der Waals surface area (Å²) < 4.78 is 5.47. The molecule has 1 aromatic rings. The van der Waals surface area contributed by atoms with Gasteiger partial charge in [-0.2, -0.15) is 0 Å². The molecule has 114 valence electrons. The molecule has 1 aromatic carbocycles. The van der Waals surface area contributed by atoms with Crippen molar-refractivity contribution in [3.05, 3.63) is 29.8 Å². The Morgan fingerprint density at radius 3 is 2.30 bits per heavy atom. The molecule has 2 N–H and O–H groups in total. The molecule has 20 heavy (non-hydrogen) atoms. The number of rotatable bonds is 7. The van der Waals surface area contributed by atoms with Gasteiger partial charge in [-0.05, 0) is 52.3 Å². The molecule has 0 aliphatic carbocycles. The number of nitrogens with zero attached hydrogens (tertiary/aromatic N) is 1. The van der Waals surface area contributed by atoms with E-state index in [1.165, 1.54) is 5.56 Å². The smallest absolute Gasteiger partial charge is 0.122 e. The van der Waals surface area contributed by atoms with Gasteiger partial charge >= 0.3 is 0 Å². The molecule has 0 heterocycles. The molecular formula is C17H30N2O. The summed E-state index contributed by atoms with van der Waals surface area (Å²) in [6, 6.07) is 8.19. The molecule has 1 unspecified atom stereocenters. The first kappa shape index (κ1) is 17.0. The third kappa shape index (κ3) is 3.53. The largest absolute Gasteiger partial charge is 0.496 e. The lowest BCUT2D eigenvalue weighted by molar-refractivity contribution is 0.0352. The van der Waals surface area contributed by atoms with Crippen molar-refractivity contribution in [2.24, 2.45) is 5.73 Å². The van der Waals surface area contributed by atoms with Gasteiger partial charge in [-0.15, -0.1) is 0 Å². The zero-order valence-corrected chi connectivity index (χ0v) is 13.9. The van der Waals surface area contributed by atoms with Crippen LogP contribution in [0.2, 0.25) is 0 Å². The van der Waals surface area contributed by atoms with Crippen molar-refractivity contribution < 1.29 is 4.74 Å². The van der Waals surface area contributed by atoms with Crippen LogP contribution >= 0.6 is 0 Å². The van der Waals surface area contributed by atoms with Crippen molar-refractivity contribution in [2.45, 2.75) is 51.6 Å². The molecule has 0 amide bonds. The monoisotopic (exact) mass is 278 g/mol. The van der Waals surface area contributed by atoms with Gasteiger partial charge in [-0.3, -0.25) is 4.90 Å². The molecule has 0 saturated carbocycles. The van der Waals surface area contributed by atoms with Gasteiger partial charge in [0.15, 0.2) is 0 Å². The van der Waals surface area contributed by atoms with Crippen LogP contribution in [0.15, 0.2) is 24.3 Å². The van der Waals surface area contributed by atoms with Gasteiger partial charge in [0.25, 0.3) is 0 Å². The lowest BCUT2D eigenvalue weighted by Crippen LogP contribution is -2.59. The Balaban J connectivity index is 3.06. The van der Waals surface area contributed by atoms with E-state index < -0.39 is 0 Å². The number of hydrogen-bond donors (Lipinski definition) is 1. The summed E-state index contributed by atoms with van der Waals surface area (Å²) in [7, 11) is 3.89. The maximum atomic E-state index is 6.12. The summed E-state index contributed by atoms with van der Waals surface area (Å²) in [6.07, 6.45) is 1.97. The van der Waals surface area contributed by atoms with Crippen LogP contribution in [0.3, 0.4) is 0 Å². The van der Waals surface area contributed by atoms with E-state index in [2.05, 4.69) is 51.8 Å². The number of methoxy groups -OCH3 is 1. The quantitative estimate of drug-likeness (QED) is 0.833. The molecule has 3 heteroatoms. The second-order valence-electron chi connectivity index (χ2n) is 6.41. The van der Waals surface area contributed by atoms with E-state index in [1.807, 2.05) is 12.1 Å². The number of nitrogens with two attached hydrogens (primary N) is 1. The van der Waals surface area contributed by atoms with E-state index >= 15 is 0 Å². The summed E-state index contributed by atoms with van der Waals surface area (Å²) in [5, 5.41) is 0. The summed E-state index contributed by atoms with van der Waals surface area (Å²) in [6.45, 7) is 9.60. The summed E-state index contributed by atoms with van der Waals surface area (Å²) in [5.74, 6) is 0.940. The number of benzene rings is 1. The Morgan fingerprint density at radius 1 is 1.20 bits per heavy atom. The minimum Gasteiger partial charge on any atom is -0.496 e. The van der Waals surface area contributed by atoms with Crippen LogP contribution < -0.4 is 10.5 Å². The minimum atomic E-state index is -0.0891. The Kier molecular flexibility index (Phi) is 5.60. The van der Waals surface area contributed by atoms with Crippen molar-refractivity contribution in [3.63, 3.8) is 0 Å². The number of para-hydroxylation sites is 1. The van der Waals surface area contributed by atoms with Crippen LogP contribution in [0.1, 0.15) is 39.7 Å². The SMILES string of the molecule is CCC(C)(C)N(C)C(C)(CN)Cc1ccccc1OC. The molecule has 0 spiro atoms. The van der Waals surface area contributed by atoms with E-state index in [4.69, 9.17) is 10.5 Å². The maximum absolute atomic E-state index is 6.12. The highest BCUT2D eigenvalue weighted by Gasteiger charge is 2.36.